The number of benzene rings is 1. The van der Waals surface area contributed by atoms with E-state index in [1.807, 2.05) is 17.7 Å². The van der Waals surface area contributed by atoms with E-state index < -0.39 is 0 Å². The van der Waals surface area contributed by atoms with Crippen LogP contribution in [0.5, 0.6) is 5.75 Å². The number of aromatic nitrogens is 1. The van der Waals surface area contributed by atoms with E-state index in [9.17, 15) is 9.90 Å². The number of morpholine rings is 1. The summed E-state index contributed by atoms with van der Waals surface area (Å²) in [5.41, 5.74) is 2.74. The van der Waals surface area contributed by atoms with E-state index in [-0.39, 0.29) is 11.2 Å². The number of likely N-dealkylation sites (tertiary alicyclic amines) is 1. The minimum Gasteiger partial charge on any atom is -0.503 e. The summed E-state index contributed by atoms with van der Waals surface area (Å²) in [5.74, 6) is 0.397. The van der Waals surface area contributed by atoms with Gasteiger partial charge in [0.05, 0.1) is 18.9 Å². The Labute approximate surface area is 166 Å². The van der Waals surface area contributed by atoms with Gasteiger partial charge in [-0.3, -0.25) is 14.6 Å². The zero-order valence-corrected chi connectivity index (χ0v) is 16.5. The van der Waals surface area contributed by atoms with Gasteiger partial charge in [-0.1, -0.05) is 30.3 Å². The Balaban J connectivity index is 1.50. The maximum Gasteiger partial charge on any atom is 0.223 e. The molecule has 2 aliphatic rings. The minimum atomic E-state index is -0.282. The molecule has 6 heteroatoms. The van der Waals surface area contributed by atoms with E-state index in [4.69, 9.17) is 4.74 Å². The van der Waals surface area contributed by atoms with Gasteiger partial charge >= 0.3 is 0 Å². The number of ether oxygens (including phenoxy) is 1. The van der Waals surface area contributed by atoms with E-state index >= 15 is 0 Å². The fourth-order valence-corrected chi connectivity index (χ4v) is 4.30. The zero-order valence-electron chi connectivity index (χ0n) is 16.5. The highest BCUT2D eigenvalue weighted by Crippen LogP contribution is 2.29. The number of hydrogen-bond acceptors (Lipinski definition) is 5. The van der Waals surface area contributed by atoms with Crippen LogP contribution in [-0.4, -0.2) is 58.9 Å². The van der Waals surface area contributed by atoms with Crippen molar-refractivity contribution >= 4 is 0 Å². The number of pyridine rings is 1. The number of nitrogens with zero attached hydrogens (tertiary/aromatic N) is 3. The molecule has 0 bridgehead atoms. The molecule has 2 saturated heterocycles. The first kappa shape index (κ1) is 19.2. The van der Waals surface area contributed by atoms with Crippen molar-refractivity contribution in [2.75, 3.05) is 39.4 Å². The van der Waals surface area contributed by atoms with Gasteiger partial charge in [-0.15, -0.1) is 0 Å². The van der Waals surface area contributed by atoms with Crippen molar-refractivity contribution in [3.8, 4) is 5.75 Å². The SMILES string of the molecule is Cn1c(CN2CCOCC2)cc(=O)c(O)c1CN1CC[C@@H](c2ccccc2)C1. The van der Waals surface area contributed by atoms with Crippen LogP contribution in [0.3, 0.4) is 0 Å². The highest BCUT2D eigenvalue weighted by atomic mass is 16.5. The standard InChI is InChI=1S/C22H29N3O3/c1-23-19(15-24-9-11-28-12-10-24)13-21(26)22(27)20(23)16-25-8-7-18(14-25)17-5-3-2-4-6-17/h2-6,13,18,27H,7-12,14-16H2,1H3/t18-/m1/s1. The quantitative estimate of drug-likeness (QED) is 0.855. The van der Waals surface area contributed by atoms with Crippen LogP contribution in [0.1, 0.15) is 29.3 Å². The van der Waals surface area contributed by atoms with E-state index in [0.29, 0.717) is 24.7 Å². The Kier molecular flexibility index (Phi) is 5.80. The molecule has 2 aliphatic heterocycles. The average molecular weight is 383 g/mol. The maximum atomic E-state index is 12.4. The summed E-state index contributed by atoms with van der Waals surface area (Å²) in [7, 11) is 1.95. The molecule has 4 rings (SSSR count). The molecule has 0 unspecified atom stereocenters. The smallest absolute Gasteiger partial charge is 0.223 e. The van der Waals surface area contributed by atoms with Crippen molar-refractivity contribution in [2.45, 2.75) is 25.4 Å². The number of rotatable bonds is 5. The molecule has 2 aromatic rings. The van der Waals surface area contributed by atoms with Gasteiger partial charge in [0.1, 0.15) is 0 Å². The van der Waals surface area contributed by atoms with Crippen LogP contribution in [-0.2, 0) is 24.9 Å². The third kappa shape index (κ3) is 4.14. The summed E-state index contributed by atoms with van der Waals surface area (Å²) in [6.45, 7) is 6.42. The lowest BCUT2D eigenvalue weighted by atomic mass is 9.99. The minimum absolute atomic E-state index is 0.114. The van der Waals surface area contributed by atoms with Crippen molar-refractivity contribution in [3.63, 3.8) is 0 Å². The zero-order chi connectivity index (χ0) is 19.5. The van der Waals surface area contributed by atoms with Gasteiger partial charge in [-0.25, -0.2) is 0 Å². The Morgan fingerprint density at radius 1 is 1.07 bits per heavy atom. The van der Waals surface area contributed by atoms with E-state index in [2.05, 4.69) is 34.1 Å². The molecule has 0 amide bonds. The van der Waals surface area contributed by atoms with Gasteiger partial charge in [0.15, 0.2) is 5.75 Å². The van der Waals surface area contributed by atoms with Crippen LogP contribution in [0.2, 0.25) is 0 Å². The second-order valence-electron chi connectivity index (χ2n) is 7.87. The van der Waals surface area contributed by atoms with E-state index in [1.54, 1.807) is 6.07 Å². The van der Waals surface area contributed by atoms with Gasteiger partial charge in [-0.2, -0.15) is 0 Å². The Hall–Kier alpha value is -2.15. The van der Waals surface area contributed by atoms with Crippen molar-refractivity contribution in [3.05, 3.63) is 63.6 Å². The predicted molar refractivity (Wildman–Crippen MR) is 109 cm³/mol. The molecule has 28 heavy (non-hydrogen) atoms. The van der Waals surface area contributed by atoms with Crippen molar-refractivity contribution < 1.29 is 9.84 Å². The van der Waals surface area contributed by atoms with Gasteiger partial charge < -0.3 is 14.4 Å². The number of hydrogen-bond donors (Lipinski definition) is 1. The third-order valence-corrected chi connectivity index (χ3v) is 6.05. The van der Waals surface area contributed by atoms with Gasteiger partial charge in [-0.05, 0) is 24.4 Å². The topological polar surface area (TPSA) is 57.9 Å². The van der Waals surface area contributed by atoms with E-state index in [0.717, 1.165) is 51.5 Å². The molecule has 1 N–H and O–H groups in total. The predicted octanol–water partition coefficient (Wildman–Crippen LogP) is 1.91. The molecule has 1 atom stereocenters. The lowest BCUT2D eigenvalue weighted by Crippen LogP contribution is -2.37. The molecular weight excluding hydrogens is 354 g/mol. The lowest BCUT2D eigenvalue weighted by molar-refractivity contribution is 0.0331. The summed E-state index contributed by atoms with van der Waals surface area (Å²) in [5, 5.41) is 10.5. The first-order valence-electron chi connectivity index (χ1n) is 10.1. The normalized spacial score (nSPS) is 21.2. The van der Waals surface area contributed by atoms with Crippen LogP contribution in [0.4, 0.5) is 0 Å². The molecule has 0 radical (unpaired) electrons. The highest BCUT2D eigenvalue weighted by molar-refractivity contribution is 5.30. The van der Waals surface area contributed by atoms with E-state index in [1.165, 1.54) is 5.56 Å². The molecule has 0 spiro atoms. The fourth-order valence-electron chi connectivity index (χ4n) is 4.30. The Morgan fingerprint density at radius 3 is 2.57 bits per heavy atom. The first-order chi connectivity index (χ1) is 13.6. The van der Waals surface area contributed by atoms with Gasteiger partial charge in [0, 0.05) is 51.5 Å². The molecule has 150 valence electrons. The third-order valence-electron chi connectivity index (χ3n) is 6.05. The summed E-state index contributed by atoms with van der Waals surface area (Å²) < 4.78 is 7.41. The Morgan fingerprint density at radius 2 is 1.82 bits per heavy atom. The first-order valence-corrected chi connectivity index (χ1v) is 10.1. The average Bonchev–Trinajstić information content (AvgIpc) is 3.19. The van der Waals surface area contributed by atoms with Crippen LogP contribution in [0.15, 0.2) is 41.2 Å². The highest BCUT2D eigenvalue weighted by Gasteiger charge is 2.26. The van der Waals surface area contributed by atoms with Crippen LogP contribution >= 0.6 is 0 Å². The molecule has 0 aliphatic carbocycles. The van der Waals surface area contributed by atoms with Crippen LogP contribution in [0, 0.1) is 0 Å². The van der Waals surface area contributed by atoms with Crippen molar-refractivity contribution in [1.29, 1.82) is 0 Å². The summed E-state index contributed by atoms with van der Waals surface area (Å²) in [6.07, 6.45) is 1.10. The van der Waals surface area contributed by atoms with Gasteiger partial charge in [0.2, 0.25) is 5.43 Å². The second-order valence-corrected chi connectivity index (χ2v) is 7.87. The second kappa shape index (κ2) is 8.47. The Bertz CT molecular complexity index is 859. The maximum absolute atomic E-state index is 12.4. The monoisotopic (exact) mass is 383 g/mol. The van der Waals surface area contributed by atoms with Gasteiger partial charge in [0.25, 0.3) is 0 Å². The summed E-state index contributed by atoms with van der Waals surface area (Å²) in [4.78, 5) is 17.0. The lowest BCUT2D eigenvalue weighted by Gasteiger charge is -2.28. The van der Waals surface area contributed by atoms with Crippen molar-refractivity contribution in [1.82, 2.24) is 14.4 Å². The molecule has 0 saturated carbocycles. The van der Waals surface area contributed by atoms with Crippen molar-refractivity contribution in [2.24, 2.45) is 7.05 Å². The molecule has 1 aromatic heterocycles. The summed E-state index contributed by atoms with van der Waals surface area (Å²) in [6, 6.07) is 12.2. The molecule has 6 nitrogen and oxygen atoms in total. The molecule has 1 aromatic carbocycles. The van der Waals surface area contributed by atoms with Crippen LogP contribution in [0.25, 0.3) is 0 Å². The molecule has 2 fully saturated rings. The molecular formula is C22H29N3O3. The number of aromatic hydroxyl groups is 1. The van der Waals surface area contributed by atoms with Crippen LogP contribution < -0.4 is 5.43 Å². The summed E-state index contributed by atoms with van der Waals surface area (Å²) >= 11 is 0. The fraction of sp³-hybridized carbons (Fsp3) is 0.500. The largest absolute Gasteiger partial charge is 0.503 e. The molecule has 3 heterocycles.